The molecule has 2 aliphatic heterocycles. The fourth-order valence-corrected chi connectivity index (χ4v) is 5.08. The maximum atomic E-state index is 13.5. The van der Waals surface area contributed by atoms with Gasteiger partial charge in [0.2, 0.25) is 0 Å². The second-order valence-corrected chi connectivity index (χ2v) is 9.95. The Bertz CT molecular complexity index is 1040. The van der Waals surface area contributed by atoms with E-state index in [-0.39, 0.29) is 28.9 Å². The van der Waals surface area contributed by atoms with Crippen molar-refractivity contribution in [2.24, 2.45) is 0 Å². The topological polar surface area (TPSA) is 36.0 Å². The Morgan fingerprint density at radius 2 is 1.81 bits per heavy atom. The van der Waals surface area contributed by atoms with Crippen molar-refractivity contribution < 1.29 is 27.1 Å². The van der Waals surface area contributed by atoms with Crippen molar-refractivity contribution in [3.05, 3.63) is 70.0 Å². The Labute approximate surface area is 213 Å². The normalized spacial score (nSPS) is 18.6. The molecular weight excluding hydrogens is 498 g/mol. The van der Waals surface area contributed by atoms with E-state index in [1.165, 1.54) is 23.1 Å². The Balaban J connectivity index is 1.41. The first-order chi connectivity index (χ1) is 17.1. The van der Waals surface area contributed by atoms with Crippen LogP contribution in [0.25, 0.3) is 0 Å². The largest absolute Gasteiger partial charge is 0.416 e. The van der Waals surface area contributed by atoms with E-state index in [2.05, 4.69) is 9.80 Å². The Kier molecular flexibility index (Phi) is 8.55. The molecule has 2 aromatic rings. The third kappa shape index (κ3) is 6.76. The minimum absolute atomic E-state index is 0.108. The molecule has 5 nitrogen and oxygen atoms in total. The van der Waals surface area contributed by atoms with Gasteiger partial charge < -0.3 is 14.5 Å². The average Bonchev–Trinajstić information content (AvgIpc) is 2.82. The zero-order chi connectivity index (χ0) is 25.9. The van der Waals surface area contributed by atoms with E-state index < -0.39 is 17.6 Å². The number of carbonyl (C=O) groups excluding carboxylic acids is 1. The van der Waals surface area contributed by atoms with E-state index in [1.807, 2.05) is 0 Å². The molecule has 0 saturated carbocycles. The number of rotatable bonds is 8. The summed E-state index contributed by atoms with van der Waals surface area (Å²) in [7, 11) is 1.56. The number of alkyl halides is 3. The fourth-order valence-electron chi connectivity index (χ4n) is 4.85. The van der Waals surface area contributed by atoms with Gasteiger partial charge in [0, 0.05) is 62.3 Å². The lowest BCUT2D eigenvalue weighted by atomic mass is 9.93. The average molecular weight is 528 g/mol. The van der Waals surface area contributed by atoms with Gasteiger partial charge in [-0.15, -0.1) is 0 Å². The highest BCUT2D eigenvalue weighted by Gasteiger charge is 2.34. The summed E-state index contributed by atoms with van der Waals surface area (Å²) in [6.07, 6.45) is -3.88. The molecule has 2 heterocycles. The van der Waals surface area contributed by atoms with Crippen molar-refractivity contribution in [3.63, 3.8) is 0 Å². The van der Waals surface area contributed by atoms with Crippen LogP contribution in [-0.2, 0) is 10.9 Å². The Morgan fingerprint density at radius 3 is 2.44 bits per heavy atom. The zero-order valence-electron chi connectivity index (χ0n) is 20.1. The lowest BCUT2D eigenvalue weighted by molar-refractivity contribution is -0.137. The number of benzene rings is 2. The van der Waals surface area contributed by atoms with Gasteiger partial charge in [0.05, 0.1) is 18.8 Å². The van der Waals surface area contributed by atoms with Crippen molar-refractivity contribution in [2.45, 2.75) is 24.6 Å². The van der Waals surface area contributed by atoms with E-state index in [0.717, 1.165) is 70.1 Å². The van der Waals surface area contributed by atoms with Gasteiger partial charge in [0.1, 0.15) is 5.82 Å². The molecule has 0 N–H and O–H groups in total. The van der Waals surface area contributed by atoms with Crippen LogP contribution < -0.4 is 0 Å². The van der Waals surface area contributed by atoms with E-state index in [0.29, 0.717) is 6.04 Å². The van der Waals surface area contributed by atoms with Crippen LogP contribution in [0.4, 0.5) is 17.6 Å². The number of ether oxygens (including phenoxy) is 1. The molecule has 2 aromatic carbocycles. The highest BCUT2D eigenvalue weighted by atomic mass is 35.5. The van der Waals surface area contributed by atoms with Gasteiger partial charge in [-0.05, 0) is 48.9 Å². The van der Waals surface area contributed by atoms with Crippen LogP contribution in [0.3, 0.4) is 0 Å². The first kappa shape index (κ1) is 26.9. The molecule has 1 atom stereocenters. The molecule has 10 heteroatoms. The molecule has 2 aliphatic rings. The number of halogens is 5. The smallest absolute Gasteiger partial charge is 0.379 e. The van der Waals surface area contributed by atoms with Gasteiger partial charge in [-0.1, -0.05) is 23.7 Å². The van der Waals surface area contributed by atoms with E-state index >= 15 is 0 Å². The van der Waals surface area contributed by atoms with Gasteiger partial charge in [-0.25, -0.2) is 4.39 Å². The van der Waals surface area contributed by atoms with Crippen LogP contribution >= 0.6 is 11.6 Å². The quantitative estimate of drug-likeness (QED) is 0.464. The number of nitrogens with zero attached hydrogens (tertiary/aromatic N) is 3. The summed E-state index contributed by atoms with van der Waals surface area (Å²) in [4.78, 5) is 19.2. The van der Waals surface area contributed by atoms with Gasteiger partial charge >= 0.3 is 6.18 Å². The minimum atomic E-state index is -4.61. The number of hydrogen-bond acceptors (Lipinski definition) is 4. The van der Waals surface area contributed by atoms with Crippen molar-refractivity contribution in [3.8, 4) is 0 Å². The summed E-state index contributed by atoms with van der Waals surface area (Å²) in [6.45, 7) is 6.44. The maximum Gasteiger partial charge on any atom is 0.416 e. The Morgan fingerprint density at radius 1 is 1.14 bits per heavy atom. The summed E-state index contributed by atoms with van der Waals surface area (Å²) in [6, 6.07) is 9.56. The van der Waals surface area contributed by atoms with Crippen molar-refractivity contribution in [2.75, 3.05) is 59.5 Å². The molecule has 36 heavy (non-hydrogen) atoms. The summed E-state index contributed by atoms with van der Waals surface area (Å²) in [5, 5.41) is -0.149. The van der Waals surface area contributed by atoms with Crippen LogP contribution in [-0.4, -0.2) is 86.2 Å². The molecule has 1 unspecified atom stereocenters. The molecule has 0 aromatic heterocycles. The number of likely N-dealkylation sites (N-methyl/N-ethyl adjacent to an activating group) is 1. The van der Waals surface area contributed by atoms with Gasteiger partial charge in [0.15, 0.2) is 0 Å². The molecule has 2 saturated heterocycles. The molecule has 2 fully saturated rings. The van der Waals surface area contributed by atoms with Crippen LogP contribution in [0.5, 0.6) is 0 Å². The molecule has 196 valence electrons. The van der Waals surface area contributed by atoms with Crippen molar-refractivity contribution >= 4 is 17.5 Å². The van der Waals surface area contributed by atoms with Gasteiger partial charge in [-0.3, -0.25) is 9.69 Å². The summed E-state index contributed by atoms with van der Waals surface area (Å²) < 4.78 is 58.6. The Hall–Kier alpha value is -2.20. The second kappa shape index (κ2) is 11.5. The molecule has 0 radical (unpaired) electrons. The predicted molar refractivity (Wildman–Crippen MR) is 130 cm³/mol. The summed E-state index contributed by atoms with van der Waals surface area (Å²) >= 11 is 5.87. The summed E-state index contributed by atoms with van der Waals surface area (Å²) in [5.74, 6) is -1.01. The van der Waals surface area contributed by atoms with Crippen LogP contribution in [0.15, 0.2) is 42.5 Å². The van der Waals surface area contributed by atoms with Crippen molar-refractivity contribution in [1.29, 1.82) is 0 Å². The minimum Gasteiger partial charge on any atom is -0.379 e. The monoisotopic (exact) mass is 527 g/mol. The van der Waals surface area contributed by atoms with Crippen molar-refractivity contribution in [1.82, 2.24) is 14.7 Å². The van der Waals surface area contributed by atoms with E-state index in [4.69, 9.17) is 16.3 Å². The number of hydrogen-bond donors (Lipinski definition) is 0. The third-order valence-corrected chi connectivity index (χ3v) is 7.17. The first-order valence-electron chi connectivity index (χ1n) is 12.0. The SMILES string of the molecule is CN(CC(CCN1CC(N2CCOCC2)C1)c1ccc(F)cc1)C(=O)c1cc(Cl)cc(C(F)(F)F)c1. The van der Waals surface area contributed by atoms with Crippen LogP contribution in [0.1, 0.15) is 33.8 Å². The molecule has 0 aliphatic carbocycles. The molecule has 4 rings (SSSR count). The lowest BCUT2D eigenvalue weighted by Crippen LogP contribution is -2.61. The second-order valence-electron chi connectivity index (χ2n) is 9.51. The molecule has 0 spiro atoms. The highest BCUT2D eigenvalue weighted by molar-refractivity contribution is 6.31. The maximum absolute atomic E-state index is 13.5. The van der Waals surface area contributed by atoms with E-state index in [1.54, 1.807) is 19.2 Å². The predicted octanol–water partition coefficient (Wildman–Crippen LogP) is 4.76. The zero-order valence-corrected chi connectivity index (χ0v) is 20.9. The first-order valence-corrected chi connectivity index (χ1v) is 12.4. The molecule has 0 bridgehead atoms. The van der Waals surface area contributed by atoms with Gasteiger partial charge in [-0.2, -0.15) is 13.2 Å². The number of morpholine rings is 1. The van der Waals surface area contributed by atoms with E-state index in [9.17, 15) is 22.4 Å². The summed E-state index contributed by atoms with van der Waals surface area (Å²) in [5.41, 5.74) is -0.205. The number of likely N-dealkylation sites (tertiary alicyclic amines) is 1. The number of carbonyl (C=O) groups is 1. The molecular formula is C26H30ClF4N3O2. The highest BCUT2D eigenvalue weighted by Crippen LogP contribution is 2.32. The fraction of sp³-hybridized carbons (Fsp3) is 0.500. The standard InChI is InChI=1S/C26H30ClF4N3O2/c1-32(25(35)20-12-21(26(29,30)31)14-22(27)13-20)15-19(18-2-4-23(28)5-3-18)6-7-33-16-24(17-33)34-8-10-36-11-9-34/h2-5,12-14,19,24H,6-11,15-17H2,1H3. The molecule has 1 amide bonds. The van der Waals surface area contributed by atoms with Gasteiger partial charge in [0.25, 0.3) is 5.91 Å². The number of amides is 1. The lowest BCUT2D eigenvalue weighted by Gasteiger charge is -2.47. The third-order valence-electron chi connectivity index (χ3n) is 6.95. The van der Waals surface area contributed by atoms with Crippen LogP contribution in [0.2, 0.25) is 5.02 Å². The van der Waals surface area contributed by atoms with Crippen LogP contribution in [0, 0.1) is 5.82 Å².